The lowest BCUT2D eigenvalue weighted by atomic mass is 9.91. The number of hydrogen-bond acceptors (Lipinski definition) is 3. The molecule has 0 saturated heterocycles. The van der Waals surface area contributed by atoms with E-state index in [0.29, 0.717) is 19.8 Å². The Morgan fingerprint density at radius 3 is 2.71 bits per heavy atom. The quantitative estimate of drug-likeness (QED) is 0.912. The molecule has 1 aliphatic heterocycles. The minimum atomic E-state index is 0.183. The van der Waals surface area contributed by atoms with E-state index in [1.165, 1.54) is 24.0 Å². The standard InChI is InChI=1S/C13H16BrNO2/c1-8-9(13(7-15)2-3-13)6-10-12(11(8)14)17-5-4-16-10/h6H,2-5,7,15H2,1H3. The third-order valence-corrected chi connectivity index (χ3v) is 4.79. The van der Waals surface area contributed by atoms with Crippen molar-refractivity contribution in [3.8, 4) is 11.5 Å². The van der Waals surface area contributed by atoms with Crippen LogP contribution in [0.1, 0.15) is 24.0 Å². The third-order valence-electron chi connectivity index (χ3n) is 3.83. The molecular weight excluding hydrogens is 282 g/mol. The van der Waals surface area contributed by atoms with E-state index in [0.717, 1.165) is 16.0 Å². The van der Waals surface area contributed by atoms with Gasteiger partial charge in [-0.05, 0) is 52.9 Å². The molecule has 92 valence electrons. The highest BCUT2D eigenvalue weighted by Crippen LogP contribution is 2.53. The predicted molar refractivity (Wildman–Crippen MR) is 69.8 cm³/mol. The van der Waals surface area contributed by atoms with Crippen LogP contribution in [0.15, 0.2) is 10.5 Å². The van der Waals surface area contributed by atoms with E-state index in [9.17, 15) is 0 Å². The Kier molecular flexibility index (Phi) is 2.60. The first kappa shape index (κ1) is 11.4. The fourth-order valence-corrected chi connectivity index (χ4v) is 3.05. The van der Waals surface area contributed by atoms with Crippen LogP contribution < -0.4 is 15.2 Å². The summed E-state index contributed by atoms with van der Waals surface area (Å²) in [5.74, 6) is 1.69. The van der Waals surface area contributed by atoms with Crippen LogP contribution in [0, 0.1) is 6.92 Å². The molecule has 1 aromatic rings. The van der Waals surface area contributed by atoms with Gasteiger partial charge in [-0.3, -0.25) is 0 Å². The van der Waals surface area contributed by atoms with Crippen LogP contribution in [0.2, 0.25) is 0 Å². The van der Waals surface area contributed by atoms with Crippen LogP contribution in [0.5, 0.6) is 11.5 Å². The van der Waals surface area contributed by atoms with Crippen LogP contribution in [0.25, 0.3) is 0 Å². The Morgan fingerprint density at radius 1 is 1.35 bits per heavy atom. The maximum Gasteiger partial charge on any atom is 0.175 e. The van der Waals surface area contributed by atoms with Gasteiger partial charge in [-0.15, -0.1) is 0 Å². The molecule has 0 aromatic heterocycles. The number of benzene rings is 1. The molecule has 0 amide bonds. The van der Waals surface area contributed by atoms with Crippen molar-refractivity contribution in [3.05, 3.63) is 21.7 Å². The van der Waals surface area contributed by atoms with Gasteiger partial charge in [0.1, 0.15) is 13.2 Å². The summed E-state index contributed by atoms with van der Waals surface area (Å²) in [4.78, 5) is 0. The van der Waals surface area contributed by atoms with E-state index < -0.39 is 0 Å². The number of fused-ring (bicyclic) bond motifs is 1. The van der Waals surface area contributed by atoms with Gasteiger partial charge in [0.25, 0.3) is 0 Å². The summed E-state index contributed by atoms with van der Waals surface area (Å²) in [7, 11) is 0. The molecule has 0 spiro atoms. The highest BCUT2D eigenvalue weighted by atomic mass is 79.9. The van der Waals surface area contributed by atoms with E-state index >= 15 is 0 Å². The second-order valence-electron chi connectivity index (χ2n) is 4.87. The van der Waals surface area contributed by atoms with Crippen molar-refractivity contribution in [3.63, 3.8) is 0 Å². The van der Waals surface area contributed by atoms with Crippen molar-refractivity contribution in [2.75, 3.05) is 19.8 Å². The number of rotatable bonds is 2. The van der Waals surface area contributed by atoms with Crippen molar-refractivity contribution in [2.24, 2.45) is 5.73 Å². The highest BCUT2D eigenvalue weighted by molar-refractivity contribution is 9.10. The molecule has 0 radical (unpaired) electrons. The second kappa shape index (κ2) is 3.89. The summed E-state index contributed by atoms with van der Waals surface area (Å²) in [6.07, 6.45) is 2.35. The summed E-state index contributed by atoms with van der Waals surface area (Å²) >= 11 is 3.62. The van der Waals surface area contributed by atoms with Crippen LogP contribution in [-0.2, 0) is 5.41 Å². The van der Waals surface area contributed by atoms with E-state index in [2.05, 4.69) is 28.9 Å². The maximum absolute atomic E-state index is 5.91. The Morgan fingerprint density at radius 2 is 2.06 bits per heavy atom. The molecule has 4 heteroatoms. The predicted octanol–water partition coefficient (Wildman–Crippen LogP) is 2.52. The Balaban J connectivity index is 2.14. The molecule has 1 aliphatic carbocycles. The van der Waals surface area contributed by atoms with E-state index in [1.807, 2.05) is 0 Å². The number of halogens is 1. The summed E-state index contributed by atoms with van der Waals surface area (Å²) in [6, 6.07) is 2.12. The first-order chi connectivity index (χ1) is 8.18. The van der Waals surface area contributed by atoms with Gasteiger partial charge in [0.15, 0.2) is 11.5 Å². The largest absolute Gasteiger partial charge is 0.486 e. The average Bonchev–Trinajstić information content (AvgIpc) is 3.15. The van der Waals surface area contributed by atoms with Gasteiger partial charge in [0.05, 0.1) is 4.47 Å². The average molecular weight is 298 g/mol. The van der Waals surface area contributed by atoms with Crippen molar-refractivity contribution < 1.29 is 9.47 Å². The minimum absolute atomic E-state index is 0.183. The Hall–Kier alpha value is -0.740. The lowest BCUT2D eigenvalue weighted by Crippen LogP contribution is -2.22. The lowest BCUT2D eigenvalue weighted by molar-refractivity contribution is 0.170. The fraction of sp³-hybridized carbons (Fsp3) is 0.538. The van der Waals surface area contributed by atoms with Gasteiger partial charge in [0.2, 0.25) is 0 Å². The monoisotopic (exact) mass is 297 g/mol. The SMILES string of the molecule is Cc1c(C2(CN)CC2)cc2c(c1Br)OCCO2. The van der Waals surface area contributed by atoms with Crippen molar-refractivity contribution in [1.29, 1.82) is 0 Å². The van der Waals surface area contributed by atoms with Crippen molar-refractivity contribution >= 4 is 15.9 Å². The molecule has 1 aromatic carbocycles. The zero-order valence-corrected chi connectivity index (χ0v) is 11.5. The zero-order chi connectivity index (χ0) is 12.0. The second-order valence-corrected chi connectivity index (χ2v) is 5.66. The van der Waals surface area contributed by atoms with Crippen LogP contribution >= 0.6 is 15.9 Å². The molecule has 1 fully saturated rings. The molecule has 1 heterocycles. The lowest BCUT2D eigenvalue weighted by Gasteiger charge is -2.25. The fourth-order valence-electron chi connectivity index (χ4n) is 2.52. The molecule has 3 nitrogen and oxygen atoms in total. The molecular formula is C13H16BrNO2. The summed E-state index contributed by atoms with van der Waals surface area (Å²) in [6.45, 7) is 4.07. The maximum atomic E-state index is 5.91. The van der Waals surface area contributed by atoms with Crippen molar-refractivity contribution in [1.82, 2.24) is 0 Å². The van der Waals surface area contributed by atoms with Gasteiger partial charge in [-0.2, -0.15) is 0 Å². The highest BCUT2D eigenvalue weighted by Gasteiger charge is 2.45. The van der Waals surface area contributed by atoms with Gasteiger partial charge in [-0.25, -0.2) is 0 Å². The van der Waals surface area contributed by atoms with Crippen LogP contribution in [-0.4, -0.2) is 19.8 Å². The molecule has 0 atom stereocenters. The minimum Gasteiger partial charge on any atom is -0.486 e. The summed E-state index contributed by atoms with van der Waals surface area (Å²) in [5, 5.41) is 0. The third kappa shape index (κ3) is 1.66. The summed E-state index contributed by atoms with van der Waals surface area (Å²) in [5.41, 5.74) is 8.64. The van der Waals surface area contributed by atoms with E-state index in [1.54, 1.807) is 0 Å². The number of hydrogen-bond donors (Lipinski definition) is 1. The van der Waals surface area contributed by atoms with Gasteiger partial charge < -0.3 is 15.2 Å². The Labute approximate surface area is 109 Å². The van der Waals surface area contributed by atoms with E-state index in [4.69, 9.17) is 15.2 Å². The topological polar surface area (TPSA) is 44.5 Å². The molecule has 0 unspecified atom stereocenters. The molecule has 2 N–H and O–H groups in total. The number of ether oxygens (including phenoxy) is 2. The first-order valence-electron chi connectivity index (χ1n) is 5.97. The zero-order valence-electron chi connectivity index (χ0n) is 9.88. The first-order valence-corrected chi connectivity index (χ1v) is 6.76. The van der Waals surface area contributed by atoms with Gasteiger partial charge >= 0.3 is 0 Å². The summed E-state index contributed by atoms with van der Waals surface area (Å²) < 4.78 is 12.3. The molecule has 2 aliphatic rings. The molecule has 1 saturated carbocycles. The van der Waals surface area contributed by atoms with Gasteiger partial charge in [0, 0.05) is 12.0 Å². The number of nitrogens with two attached hydrogens (primary N) is 1. The molecule has 17 heavy (non-hydrogen) atoms. The normalized spacial score (nSPS) is 20.2. The van der Waals surface area contributed by atoms with Crippen molar-refractivity contribution in [2.45, 2.75) is 25.2 Å². The van der Waals surface area contributed by atoms with Gasteiger partial charge in [-0.1, -0.05) is 0 Å². The molecule has 3 rings (SSSR count). The van der Waals surface area contributed by atoms with Crippen LogP contribution in [0.4, 0.5) is 0 Å². The van der Waals surface area contributed by atoms with Crippen LogP contribution in [0.3, 0.4) is 0 Å². The molecule has 0 bridgehead atoms. The smallest absolute Gasteiger partial charge is 0.175 e. The van der Waals surface area contributed by atoms with E-state index in [-0.39, 0.29) is 5.41 Å². The Bertz CT molecular complexity index is 469.